The van der Waals surface area contributed by atoms with Gasteiger partial charge in [-0.15, -0.1) is 0 Å². The zero-order valence-corrected chi connectivity index (χ0v) is 12.2. The van der Waals surface area contributed by atoms with E-state index in [1.807, 2.05) is 32.9 Å². The van der Waals surface area contributed by atoms with E-state index in [-0.39, 0.29) is 17.7 Å². The average Bonchev–Trinajstić information content (AvgIpc) is 2.44. The van der Waals surface area contributed by atoms with Gasteiger partial charge in [0.25, 0.3) is 0 Å². The molecule has 0 heterocycles. The van der Waals surface area contributed by atoms with E-state index in [1.165, 1.54) is 12.1 Å². The van der Waals surface area contributed by atoms with Crippen molar-refractivity contribution in [2.75, 3.05) is 0 Å². The summed E-state index contributed by atoms with van der Waals surface area (Å²) < 4.78 is 19.5. The maximum Gasteiger partial charge on any atom is 0.335 e. The predicted molar refractivity (Wildman–Crippen MR) is 78.3 cm³/mol. The Morgan fingerprint density at radius 3 is 2.48 bits per heavy atom. The Morgan fingerprint density at radius 2 is 1.81 bits per heavy atom. The topological polar surface area (TPSA) is 46.5 Å². The van der Waals surface area contributed by atoms with E-state index in [0.717, 1.165) is 28.5 Å². The van der Waals surface area contributed by atoms with Crippen LogP contribution in [0.3, 0.4) is 0 Å². The molecular weight excluding hydrogens is 271 g/mol. The second kappa shape index (κ2) is 5.95. The lowest BCUT2D eigenvalue weighted by atomic mass is 10.1. The minimum Gasteiger partial charge on any atom is -0.488 e. The Hall–Kier alpha value is -2.36. The molecule has 0 fully saturated rings. The normalized spacial score (nSPS) is 10.5. The van der Waals surface area contributed by atoms with Crippen LogP contribution in [0.5, 0.6) is 5.75 Å². The summed E-state index contributed by atoms with van der Waals surface area (Å²) in [6.45, 7) is 5.85. The van der Waals surface area contributed by atoms with Gasteiger partial charge in [-0.25, -0.2) is 9.18 Å². The molecule has 0 amide bonds. The molecule has 0 aliphatic rings. The van der Waals surface area contributed by atoms with Gasteiger partial charge in [0.15, 0.2) is 0 Å². The lowest BCUT2D eigenvalue weighted by Crippen LogP contribution is -2.05. The van der Waals surface area contributed by atoms with Crippen molar-refractivity contribution in [3.63, 3.8) is 0 Å². The van der Waals surface area contributed by atoms with Crippen LogP contribution in [0, 0.1) is 26.6 Å². The van der Waals surface area contributed by atoms with E-state index in [1.54, 1.807) is 0 Å². The number of hydrogen-bond donors (Lipinski definition) is 1. The van der Waals surface area contributed by atoms with Crippen LogP contribution in [0.15, 0.2) is 30.3 Å². The molecule has 1 N–H and O–H groups in total. The highest BCUT2D eigenvalue weighted by Gasteiger charge is 2.11. The van der Waals surface area contributed by atoms with Crippen LogP contribution in [0.1, 0.15) is 32.6 Å². The maximum absolute atomic E-state index is 13.7. The van der Waals surface area contributed by atoms with Gasteiger partial charge >= 0.3 is 5.97 Å². The first-order valence-corrected chi connectivity index (χ1v) is 6.61. The number of aryl methyl sites for hydroxylation is 2. The van der Waals surface area contributed by atoms with E-state index >= 15 is 0 Å². The van der Waals surface area contributed by atoms with Gasteiger partial charge in [-0.05, 0) is 55.7 Å². The van der Waals surface area contributed by atoms with E-state index < -0.39 is 11.8 Å². The van der Waals surface area contributed by atoms with Crippen LogP contribution in [0.25, 0.3) is 0 Å². The summed E-state index contributed by atoms with van der Waals surface area (Å²) in [5.74, 6) is -0.836. The van der Waals surface area contributed by atoms with Crippen molar-refractivity contribution in [2.45, 2.75) is 27.4 Å². The molecule has 0 aliphatic heterocycles. The summed E-state index contributed by atoms with van der Waals surface area (Å²) in [7, 11) is 0. The molecule has 2 aromatic carbocycles. The van der Waals surface area contributed by atoms with Gasteiger partial charge in [0, 0.05) is 5.56 Å². The molecule has 0 spiro atoms. The van der Waals surface area contributed by atoms with Crippen LogP contribution in [0.2, 0.25) is 0 Å². The summed E-state index contributed by atoms with van der Waals surface area (Å²) >= 11 is 0. The fraction of sp³-hybridized carbons (Fsp3) is 0.235. The second-order valence-corrected chi connectivity index (χ2v) is 5.05. The van der Waals surface area contributed by atoms with Crippen LogP contribution in [0.4, 0.5) is 4.39 Å². The average molecular weight is 288 g/mol. The SMILES string of the molecule is Cc1ccc(C)c(OCc2cc(C(=O)O)ccc2F)c1C. The lowest BCUT2D eigenvalue weighted by molar-refractivity contribution is 0.0696. The summed E-state index contributed by atoms with van der Waals surface area (Å²) in [4.78, 5) is 10.9. The largest absolute Gasteiger partial charge is 0.488 e. The van der Waals surface area contributed by atoms with Gasteiger partial charge in [-0.1, -0.05) is 12.1 Å². The highest BCUT2D eigenvalue weighted by molar-refractivity contribution is 5.87. The van der Waals surface area contributed by atoms with E-state index in [0.29, 0.717) is 0 Å². The lowest BCUT2D eigenvalue weighted by Gasteiger charge is -2.14. The van der Waals surface area contributed by atoms with Crippen molar-refractivity contribution in [3.8, 4) is 5.75 Å². The maximum atomic E-state index is 13.7. The van der Waals surface area contributed by atoms with Crippen LogP contribution in [-0.2, 0) is 6.61 Å². The van der Waals surface area contributed by atoms with Gasteiger partial charge in [0.05, 0.1) is 5.56 Å². The van der Waals surface area contributed by atoms with Crippen molar-refractivity contribution >= 4 is 5.97 Å². The monoisotopic (exact) mass is 288 g/mol. The molecule has 0 saturated heterocycles. The third kappa shape index (κ3) is 3.21. The molecule has 21 heavy (non-hydrogen) atoms. The number of aromatic carboxylic acids is 1. The molecule has 4 heteroatoms. The summed E-state index contributed by atoms with van der Waals surface area (Å²) in [6.07, 6.45) is 0. The minimum absolute atomic E-state index is 0.00190. The van der Waals surface area contributed by atoms with Gasteiger partial charge in [-0.3, -0.25) is 0 Å². The van der Waals surface area contributed by atoms with Gasteiger partial charge in [-0.2, -0.15) is 0 Å². The molecule has 2 aromatic rings. The van der Waals surface area contributed by atoms with Crippen molar-refractivity contribution in [3.05, 3.63) is 64.0 Å². The highest BCUT2D eigenvalue weighted by atomic mass is 19.1. The number of carbonyl (C=O) groups is 1. The fourth-order valence-electron chi connectivity index (χ4n) is 2.12. The Morgan fingerprint density at radius 1 is 1.14 bits per heavy atom. The molecule has 0 radical (unpaired) electrons. The standard InChI is InChI=1S/C17H17FO3/c1-10-4-5-11(2)16(12(10)3)21-9-14-8-13(17(19)20)6-7-15(14)18/h4-8H,9H2,1-3H3,(H,19,20). The third-order valence-corrected chi connectivity index (χ3v) is 3.54. The summed E-state index contributed by atoms with van der Waals surface area (Å²) in [6, 6.07) is 7.64. The molecule has 110 valence electrons. The Bertz CT molecular complexity index is 693. The number of hydrogen-bond acceptors (Lipinski definition) is 2. The van der Waals surface area contributed by atoms with E-state index in [9.17, 15) is 9.18 Å². The molecule has 0 aliphatic carbocycles. The molecule has 3 nitrogen and oxygen atoms in total. The fourth-order valence-corrected chi connectivity index (χ4v) is 2.12. The van der Waals surface area contributed by atoms with Gasteiger partial charge in [0.1, 0.15) is 18.2 Å². The quantitative estimate of drug-likeness (QED) is 0.924. The number of ether oxygens (including phenoxy) is 1. The van der Waals surface area contributed by atoms with Crippen molar-refractivity contribution < 1.29 is 19.0 Å². The zero-order chi connectivity index (χ0) is 15.6. The Labute approximate surface area is 123 Å². The molecule has 0 aromatic heterocycles. The second-order valence-electron chi connectivity index (χ2n) is 5.05. The first-order chi connectivity index (χ1) is 9.90. The van der Waals surface area contributed by atoms with Crippen molar-refractivity contribution in [1.82, 2.24) is 0 Å². The predicted octanol–water partition coefficient (Wildman–Crippen LogP) is 4.03. The van der Waals surface area contributed by atoms with Crippen LogP contribution >= 0.6 is 0 Å². The van der Waals surface area contributed by atoms with Crippen molar-refractivity contribution in [2.24, 2.45) is 0 Å². The number of benzene rings is 2. The number of halogens is 1. The van der Waals surface area contributed by atoms with Gasteiger partial charge < -0.3 is 9.84 Å². The summed E-state index contributed by atoms with van der Waals surface area (Å²) in [5, 5.41) is 8.95. The molecular formula is C17H17FO3. The molecule has 0 atom stereocenters. The minimum atomic E-state index is -1.08. The van der Waals surface area contributed by atoms with E-state index in [2.05, 4.69) is 0 Å². The van der Waals surface area contributed by atoms with Crippen molar-refractivity contribution in [1.29, 1.82) is 0 Å². The Balaban J connectivity index is 2.26. The number of rotatable bonds is 4. The Kier molecular flexibility index (Phi) is 4.26. The third-order valence-electron chi connectivity index (χ3n) is 3.54. The first kappa shape index (κ1) is 15.0. The zero-order valence-electron chi connectivity index (χ0n) is 12.2. The summed E-state index contributed by atoms with van der Waals surface area (Å²) in [5.41, 5.74) is 3.34. The van der Waals surface area contributed by atoms with Crippen LogP contribution < -0.4 is 4.74 Å². The molecule has 0 unspecified atom stereocenters. The highest BCUT2D eigenvalue weighted by Crippen LogP contribution is 2.27. The van der Waals surface area contributed by atoms with E-state index in [4.69, 9.17) is 9.84 Å². The number of carboxylic acids is 1. The molecule has 2 rings (SSSR count). The smallest absolute Gasteiger partial charge is 0.335 e. The van der Waals surface area contributed by atoms with Crippen LogP contribution in [-0.4, -0.2) is 11.1 Å². The molecule has 0 saturated carbocycles. The number of carboxylic acid groups (broad SMARTS) is 1. The first-order valence-electron chi connectivity index (χ1n) is 6.61. The molecule has 0 bridgehead atoms. The van der Waals surface area contributed by atoms with Gasteiger partial charge in [0.2, 0.25) is 0 Å².